The molecule has 0 spiro atoms. The van der Waals surface area contributed by atoms with Gasteiger partial charge in [0, 0.05) is 10.5 Å². The van der Waals surface area contributed by atoms with Crippen molar-refractivity contribution in [3.05, 3.63) is 33.8 Å². The molecule has 0 amide bonds. The third-order valence-electron chi connectivity index (χ3n) is 2.64. The fraction of sp³-hybridized carbons (Fsp3) is 0.364. The van der Waals surface area contributed by atoms with Crippen molar-refractivity contribution in [1.82, 2.24) is 0 Å². The van der Waals surface area contributed by atoms with E-state index in [4.69, 9.17) is 11.0 Å². The fourth-order valence-electron chi connectivity index (χ4n) is 1.60. The van der Waals surface area contributed by atoms with Crippen LogP contribution in [-0.4, -0.2) is 0 Å². The fourth-order valence-corrected chi connectivity index (χ4v) is 2.22. The molecule has 2 N–H and O–H groups in total. The van der Waals surface area contributed by atoms with E-state index in [2.05, 4.69) is 22.0 Å². The number of nitrogens with two attached hydrogens (primary N) is 1. The van der Waals surface area contributed by atoms with Crippen molar-refractivity contribution >= 4 is 15.9 Å². The minimum Gasteiger partial charge on any atom is -0.324 e. The van der Waals surface area contributed by atoms with Crippen LogP contribution in [0.2, 0.25) is 0 Å². The maximum absolute atomic E-state index is 8.86. The minimum atomic E-state index is 0.0812. The smallest absolute Gasteiger partial charge is 0.100 e. The standard InChI is InChI=1S/C11H11BrN2/c12-10-8(6-13)2-1-3-9(10)11(14)7-4-5-7/h1-3,7,11H,4-5,14H2. The highest BCUT2D eigenvalue weighted by Crippen LogP contribution is 2.41. The Labute approximate surface area is 91.9 Å². The average molecular weight is 251 g/mol. The topological polar surface area (TPSA) is 49.8 Å². The third kappa shape index (κ3) is 1.68. The molecule has 0 saturated heterocycles. The number of halogens is 1. The summed E-state index contributed by atoms with van der Waals surface area (Å²) in [7, 11) is 0. The second-order valence-electron chi connectivity index (χ2n) is 3.68. The van der Waals surface area contributed by atoms with E-state index in [0.717, 1.165) is 10.0 Å². The van der Waals surface area contributed by atoms with Gasteiger partial charge in [-0.15, -0.1) is 0 Å². The van der Waals surface area contributed by atoms with Crippen LogP contribution in [0.3, 0.4) is 0 Å². The maximum Gasteiger partial charge on any atom is 0.100 e. The molecule has 1 aromatic carbocycles. The lowest BCUT2D eigenvalue weighted by molar-refractivity contribution is 0.630. The quantitative estimate of drug-likeness (QED) is 0.878. The van der Waals surface area contributed by atoms with Crippen LogP contribution >= 0.6 is 15.9 Å². The first-order valence-corrected chi connectivity index (χ1v) is 5.47. The molecule has 0 bridgehead atoms. The lowest BCUT2D eigenvalue weighted by Gasteiger charge is -2.13. The summed E-state index contributed by atoms with van der Waals surface area (Å²) in [5, 5.41) is 8.86. The van der Waals surface area contributed by atoms with Gasteiger partial charge in [0.1, 0.15) is 6.07 Å². The summed E-state index contributed by atoms with van der Waals surface area (Å²) in [6.45, 7) is 0. The molecule has 0 aliphatic heterocycles. The van der Waals surface area contributed by atoms with Crippen LogP contribution in [0, 0.1) is 17.2 Å². The van der Waals surface area contributed by atoms with Crippen molar-refractivity contribution in [3.63, 3.8) is 0 Å². The Kier molecular flexibility index (Phi) is 2.58. The summed E-state index contributed by atoms with van der Waals surface area (Å²) in [5.41, 5.74) is 7.81. The first kappa shape index (κ1) is 9.70. The van der Waals surface area contributed by atoms with Gasteiger partial charge in [-0.25, -0.2) is 0 Å². The van der Waals surface area contributed by atoms with E-state index < -0.39 is 0 Å². The zero-order valence-corrected chi connectivity index (χ0v) is 9.29. The highest BCUT2D eigenvalue weighted by Gasteiger charge is 2.30. The summed E-state index contributed by atoms with van der Waals surface area (Å²) in [5.74, 6) is 0.611. The monoisotopic (exact) mass is 250 g/mol. The molecule has 0 aromatic heterocycles. The van der Waals surface area contributed by atoms with Gasteiger partial charge in [0.15, 0.2) is 0 Å². The molecule has 1 aliphatic carbocycles. The molecule has 14 heavy (non-hydrogen) atoms. The van der Waals surface area contributed by atoms with Crippen molar-refractivity contribution in [1.29, 1.82) is 5.26 Å². The number of nitrogens with zero attached hydrogens (tertiary/aromatic N) is 1. The molecule has 1 fully saturated rings. The predicted octanol–water partition coefficient (Wildman–Crippen LogP) is 2.73. The zero-order valence-electron chi connectivity index (χ0n) is 7.70. The Morgan fingerprint density at radius 2 is 2.21 bits per heavy atom. The van der Waals surface area contributed by atoms with Crippen LogP contribution in [0.15, 0.2) is 22.7 Å². The van der Waals surface area contributed by atoms with Crippen LogP contribution in [0.4, 0.5) is 0 Å². The van der Waals surface area contributed by atoms with E-state index in [-0.39, 0.29) is 6.04 Å². The summed E-state index contributed by atoms with van der Waals surface area (Å²) < 4.78 is 0.863. The van der Waals surface area contributed by atoms with Gasteiger partial charge in [-0.1, -0.05) is 12.1 Å². The molecule has 2 rings (SSSR count). The van der Waals surface area contributed by atoms with E-state index in [1.54, 1.807) is 6.07 Å². The largest absolute Gasteiger partial charge is 0.324 e. The van der Waals surface area contributed by atoms with Crippen LogP contribution in [0.5, 0.6) is 0 Å². The van der Waals surface area contributed by atoms with Gasteiger partial charge in [0.25, 0.3) is 0 Å². The number of benzene rings is 1. The molecule has 2 nitrogen and oxygen atoms in total. The summed E-state index contributed by atoms with van der Waals surface area (Å²) >= 11 is 3.44. The molecule has 1 saturated carbocycles. The molecular formula is C11H11BrN2. The van der Waals surface area contributed by atoms with E-state index in [1.807, 2.05) is 12.1 Å². The number of hydrogen-bond acceptors (Lipinski definition) is 2. The van der Waals surface area contributed by atoms with Crippen LogP contribution < -0.4 is 5.73 Å². The SMILES string of the molecule is N#Cc1cccc(C(N)C2CC2)c1Br. The van der Waals surface area contributed by atoms with Crippen LogP contribution in [0.25, 0.3) is 0 Å². The highest BCUT2D eigenvalue weighted by molar-refractivity contribution is 9.10. The van der Waals surface area contributed by atoms with Gasteiger partial charge < -0.3 is 5.73 Å². The molecule has 72 valence electrons. The Bertz CT molecular complexity index is 391. The normalized spacial score (nSPS) is 17.5. The molecule has 1 unspecified atom stereocenters. The Balaban J connectivity index is 2.37. The van der Waals surface area contributed by atoms with Gasteiger partial charge in [0.2, 0.25) is 0 Å². The molecule has 1 aliphatic rings. The molecule has 0 radical (unpaired) electrons. The predicted molar refractivity (Wildman–Crippen MR) is 58.5 cm³/mol. The molecular weight excluding hydrogens is 240 g/mol. The summed E-state index contributed by atoms with van der Waals surface area (Å²) in [6.07, 6.45) is 2.43. The number of nitriles is 1. The summed E-state index contributed by atoms with van der Waals surface area (Å²) in [6, 6.07) is 7.91. The van der Waals surface area contributed by atoms with E-state index >= 15 is 0 Å². The van der Waals surface area contributed by atoms with E-state index in [0.29, 0.717) is 11.5 Å². The number of rotatable bonds is 2. The molecule has 0 heterocycles. The van der Waals surface area contributed by atoms with Gasteiger partial charge in [0.05, 0.1) is 5.56 Å². The lowest BCUT2D eigenvalue weighted by atomic mass is 10.0. The van der Waals surface area contributed by atoms with Gasteiger partial charge in [-0.2, -0.15) is 5.26 Å². The van der Waals surface area contributed by atoms with E-state index in [1.165, 1.54) is 12.8 Å². The zero-order chi connectivity index (χ0) is 10.1. The second-order valence-corrected chi connectivity index (χ2v) is 4.48. The van der Waals surface area contributed by atoms with Crippen molar-refractivity contribution in [2.45, 2.75) is 18.9 Å². The van der Waals surface area contributed by atoms with Crippen molar-refractivity contribution in [2.75, 3.05) is 0 Å². The van der Waals surface area contributed by atoms with Crippen molar-refractivity contribution in [3.8, 4) is 6.07 Å². The van der Waals surface area contributed by atoms with Crippen molar-refractivity contribution < 1.29 is 0 Å². The molecule has 1 atom stereocenters. The first-order valence-electron chi connectivity index (χ1n) is 4.68. The Morgan fingerprint density at radius 3 is 2.79 bits per heavy atom. The van der Waals surface area contributed by atoms with Crippen LogP contribution in [-0.2, 0) is 0 Å². The maximum atomic E-state index is 8.86. The Morgan fingerprint density at radius 1 is 1.50 bits per heavy atom. The van der Waals surface area contributed by atoms with Gasteiger partial charge in [-0.05, 0) is 46.3 Å². The minimum absolute atomic E-state index is 0.0812. The second kappa shape index (κ2) is 3.72. The van der Waals surface area contributed by atoms with Crippen LogP contribution in [0.1, 0.15) is 30.0 Å². The van der Waals surface area contributed by atoms with Gasteiger partial charge >= 0.3 is 0 Å². The lowest BCUT2D eigenvalue weighted by Crippen LogP contribution is -2.13. The Hall–Kier alpha value is -0.850. The van der Waals surface area contributed by atoms with Gasteiger partial charge in [-0.3, -0.25) is 0 Å². The summed E-state index contributed by atoms with van der Waals surface area (Å²) in [4.78, 5) is 0. The molecule has 3 heteroatoms. The van der Waals surface area contributed by atoms with E-state index in [9.17, 15) is 0 Å². The highest BCUT2D eigenvalue weighted by atomic mass is 79.9. The molecule has 1 aromatic rings. The first-order chi connectivity index (χ1) is 6.74. The van der Waals surface area contributed by atoms with Crippen molar-refractivity contribution in [2.24, 2.45) is 11.7 Å². The third-order valence-corrected chi connectivity index (χ3v) is 3.52. The average Bonchev–Trinajstić information content (AvgIpc) is 3.00. The number of hydrogen-bond donors (Lipinski definition) is 1.